The van der Waals surface area contributed by atoms with Crippen molar-refractivity contribution >= 4 is 17.8 Å². The number of nitrogens with one attached hydrogen (secondary N) is 2. The van der Waals surface area contributed by atoms with Crippen molar-refractivity contribution in [2.75, 3.05) is 49.3 Å². The summed E-state index contributed by atoms with van der Waals surface area (Å²) in [5.41, 5.74) is 0. The Morgan fingerprint density at radius 3 is 2.12 bits per heavy atom. The minimum absolute atomic E-state index is 0.0424. The molecule has 96 valence electrons. The molecule has 1 rings (SSSR count). The molecular formula is C10H20N6O. The quantitative estimate of drug-likeness (QED) is 0.626. The smallest absolute Gasteiger partial charge is 0.231 e. The molecule has 0 fully saturated rings. The first kappa shape index (κ1) is 13.4. The van der Waals surface area contributed by atoms with Gasteiger partial charge in [0.05, 0.1) is 6.61 Å². The molecule has 0 saturated carbocycles. The molecule has 0 amide bonds. The fraction of sp³-hybridized carbons (Fsp3) is 0.700. The van der Waals surface area contributed by atoms with Gasteiger partial charge in [0, 0.05) is 27.2 Å². The number of hydrogen-bond donors (Lipinski definition) is 3. The molecule has 0 atom stereocenters. The molecule has 3 N–H and O–H groups in total. The predicted octanol–water partition coefficient (Wildman–Crippen LogP) is 0.164. The van der Waals surface area contributed by atoms with E-state index in [1.807, 2.05) is 19.0 Å². The van der Waals surface area contributed by atoms with Crippen LogP contribution < -0.4 is 15.5 Å². The first-order valence-corrected chi connectivity index (χ1v) is 5.69. The van der Waals surface area contributed by atoms with Gasteiger partial charge in [-0.15, -0.1) is 0 Å². The van der Waals surface area contributed by atoms with E-state index < -0.39 is 0 Å². The van der Waals surface area contributed by atoms with Crippen molar-refractivity contribution in [1.82, 2.24) is 15.0 Å². The zero-order chi connectivity index (χ0) is 12.7. The summed E-state index contributed by atoms with van der Waals surface area (Å²) in [5, 5.41) is 14.8. The lowest BCUT2D eigenvalue weighted by Gasteiger charge is -2.13. The zero-order valence-corrected chi connectivity index (χ0v) is 10.6. The second-order valence-corrected chi connectivity index (χ2v) is 3.75. The van der Waals surface area contributed by atoms with E-state index >= 15 is 0 Å². The van der Waals surface area contributed by atoms with Gasteiger partial charge >= 0.3 is 0 Å². The van der Waals surface area contributed by atoms with Gasteiger partial charge in [-0.25, -0.2) is 0 Å². The van der Waals surface area contributed by atoms with Gasteiger partial charge in [0.2, 0.25) is 17.8 Å². The molecule has 7 heteroatoms. The summed E-state index contributed by atoms with van der Waals surface area (Å²) in [4.78, 5) is 14.5. The Hall–Kier alpha value is -1.63. The summed E-state index contributed by atoms with van der Waals surface area (Å²) in [7, 11) is 3.74. The van der Waals surface area contributed by atoms with Crippen molar-refractivity contribution in [2.45, 2.75) is 13.3 Å². The van der Waals surface area contributed by atoms with Crippen molar-refractivity contribution in [3.05, 3.63) is 0 Å². The zero-order valence-electron chi connectivity index (χ0n) is 10.6. The van der Waals surface area contributed by atoms with Crippen LogP contribution in [0.4, 0.5) is 17.8 Å². The highest BCUT2D eigenvalue weighted by Gasteiger charge is 2.07. The minimum Gasteiger partial charge on any atom is -0.395 e. The summed E-state index contributed by atoms with van der Waals surface area (Å²) in [5.74, 6) is 1.60. The number of hydrogen-bond acceptors (Lipinski definition) is 7. The number of rotatable bonds is 7. The summed E-state index contributed by atoms with van der Waals surface area (Å²) < 4.78 is 0. The average Bonchev–Trinajstić information content (AvgIpc) is 2.33. The van der Waals surface area contributed by atoms with Crippen molar-refractivity contribution in [3.63, 3.8) is 0 Å². The molecule has 1 aromatic heterocycles. The van der Waals surface area contributed by atoms with E-state index in [0.29, 0.717) is 24.4 Å². The van der Waals surface area contributed by atoms with Crippen molar-refractivity contribution < 1.29 is 5.11 Å². The number of aliphatic hydroxyl groups is 1. The second kappa shape index (κ2) is 6.85. The van der Waals surface area contributed by atoms with Crippen LogP contribution in [-0.2, 0) is 0 Å². The lowest BCUT2D eigenvalue weighted by atomic mass is 10.5. The van der Waals surface area contributed by atoms with E-state index in [2.05, 4.69) is 32.5 Å². The molecule has 0 saturated heterocycles. The van der Waals surface area contributed by atoms with Crippen molar-refractivity contribution in [3.8, 4) is 0 Å². The van der Waals surface area contributed by atoms with E-state index in [-0.39, 0.29) is 6.61 Å². The molecule has 0 radical (unpaired) electrons. The highest BCUT2D eigenvalue weighted by Crippen LogP contribution is 2.11. The van der Waals surface area contributed by atoms with Crippen molar-refractivity contribution in [1.29, 1.82) is 0 Å². The third kappa shape index (κ3) is 4.39. The molecule has 0 aliphatic rings. The van der Waals surface area contributed by atoms with Crippen LogP contribution in [0.2, 0.25) is 0 Å². The summed E-state index contributed by atoms with van der Waals surface area (Å²) >= 11 is 0. The SMILES string of the molecule is CCCNc1nc(NCCO)nc(N(C)C)n1. The first-order valence-electron chi connectivity index (χ1n) is 5.69. The second-order valence-electron chi connectivity index (χ2n) is 3.75. The Bertz CT molecular complexity index is 317. The fourth-order valence-corrected chi connectivity index (χ4v) is 1.13. The third-order valence-corrected chi connectivity index (χ3v) is 1.95. The fourth-order valence-electron chi connectivity index (χ4n) is 1.13. The van der Waals surface area contributed by atoms with Gasteiger partial charge in [0.25, 0.3) is 0 Å². The van der Waals surface area contributed by atoms with Crippen molar-refractivity contribution in [2.24, 2.45) is 0 Å². The maximum atomic E-state index is 8.76. The van der Waals surface area contributed by atoms with Crippen LogP contribution in [0.1, 0.15) is 13.3 Å². The van der Waals surface area contributed by atoms with Gasteiger partial charge in [-0.05, 0) is 6.42 Å². The Labute approximate surface area is 101 Å². The Morgan fingerprint density at radius 2 is 1.65 bits per heavy atom. The number of nitrogens with zero attached hydrogens (tertiary/aromatic N) is 4. The minimum atomic E-state index is 0.0424. The molecule has 0 aliphatic carbocycles. The molecule has 0 unspecified atom stereocenters. The highest BCUT2D eigenvalue weighted by atomic mass is 16.3. The van der Waals surface area contributed by atoms with Gasteiger partial charge < -0.3 is 20.6 Å². The summed E-state index contributed by atoms with van der Waals surface area (Å²) in [6, 6.07) is 0. The molecule has 17 heavy (non-hydrogen) atoms. The van der Waals surface area contributed by atoms with Gasteiger partial charge in [-0.2, -0.15) is 15.0 Å². The number of aromatic nitrogens is 3. The summed E-state index contributed by atoms with van der Waals surface area (Å²) in [6.07, 6.45) is 1.00. The molecule has 0 spiro atoms. The molecule has 0 bridgehead atoms. The standard InChI is InChI=1S/C10H20N6O/c1-4-5-11-8-13-9(12-6-7-17)15-10(14-8)16(2)3/h17H,4-7H2,1-3H3,(H2,11,12,13,14,15). The summed E-state index contributed by atoms with van der Waals surface area (Å²) in [6.45, 7) is 3.35. The largest absolute Gasteiger partial charge is 0.395 e. The van der Waals surface area contributed by atoms with Crippen LogP contribution in [0.15, 0.2) is 0 Å². The van der Waals surface area contributed by atoms with E-state index in [0.717, 1.165) is 13.0 Å². The molecule has 1 aromatic rings. The maximum Gasteiger partial charge on any atom is 0.231 e. The predicted molar refractivity (Wildman–Crippen MR) is 68.5 cm³/mol. The lowest BCUT2D eigenvalue weighted by Crippen LogP contribution is -2.18. The molecule has 7 nitrogen and oxygen atoms in total. The van der Waals surface area contributed by atoms with Crippen LogP contribution in [-0.4, -0.2) is 53.9 Å². The van der Waals surface area contributed by atoms with Crippen LogP contribution in [0.3, 0.4) is 0 Å². The number of aliphatic hydroxyl groups excluding tert-OH is 1. The molecular weight excluding hydrogens is 220 g/mol. The van der Waals surface area contributed by atoms with Crippen LogP contribution in [0.5, 0.6) is 0 Å². The van der Waals surface area contributed by atoms with Crippen LogP contribution in [0, 0.1) is 0 Å². The van der Waals surface area contributed by atoms with Gasteiger partial charge in [0.15, 0.2) is 0 Å². The molecule has 0 aliphatic heterocycles. The molecule has 1 heterocycles. The monoisotopic (exact) mass is 240 g/mol. The average molecular weight is 240 g/mol. The Kier molecular flexibility index (Phi) is 5.41. The maximum absolute atomic E-state index is 8.76. The van der Waals surface area contributed by atoms with Crippen LogP contribution in [0.25, 0.3) is 0 Å². The third-order valence-electron chi connectivity index (χ3n) is 1.95. The van der Waals surface area contributed by atoms with Gasteiger partial charge in [-0.3, -0.25) is 0 Å². The molecule has 0 aromatic carbocycles. The van der Waals surface area contributed by atoms with Gasteiger partial charge in [0.1, 0.15) is 0 Å². The normalized spacial score (nSPS) is 10.1. The van der Waals surface area contributed by atoms with E-state index in [9.17, 15) is 0 Å². The topological polar surface area (TPSA) is 86.2 Å². The van der Waals surface area contributed by atoms with Crippen LogP contribution >= 0.6 is 0 Å². The van der Waals surface area contributed by atoms with Gasteiger partial charge in [-0.1, -0.05) is 6.92 Å². The first-order chi connectivity index (χ1) is 8.17. The lowest BCUT2D eigenvalue weighted by molar-refractivity contribution is 0.311. The number of anilines is 3. The van der Waals surface area contributed by atoms with E-state index in [1.165, 1.54) is 0 Å². The Morgan fingerprint density at radius 1 is 1.06 bits per heavy atom. The van der Waals surface area contributed by atoms with E-state index in [1.54, 1.807) is 0 Å². The highest BCUT2D eigenvalue weighted by molar-refractivity contribution is 5.42. The van der Waals surface area contributed by atoms with E-state index in [4.69, 9.17) is 5.11 Å². The Balaban J connectivity index is 2.84.